The van der Waals surface area contributed by atoms with E-state index in [0.29, 0.717) is 16.1 Å². The molecular weight excluding hydrogens is 312 g/mol. The highest BCUT2D eigenvalue weighted by Gasteiger charge is 2.08. The minimum absolute atomic E-state index is 0.557. The van der Waals surface area contributed by atoms with Crippen LogP contribution in [-0.2, 0) is 6.42 Å². The first-order chi connectivity index (χ1) is 10.7. The number of halogens is 1. The van der Waals surface area contributed by atoms with Gasteiger partial charge in [0.15, 0.2) is 5.11 Å². The molecule has 0 fully saturated rings. The SMILES string of the molecule is CC[C@H](CNC(=S)Nc1cccc(Cl)c1)Cc1ccccc1. The maximum atomic E-state index is 5.96. The molecule has 2 nitrogen and oxygen atoms in total. The van der Waals surface area contributed by atoms with E-state index in [2.05, 4.69) is 41.8 Å². The van der Waals surface area contributed by atoms with Crippen molar-refractivity contribution in [2.75, 3.05) is 11.9 Å². The summed E-state index contributed by atoms with van der Waals surface area (Å²) in [6.07, 6.45) is 2.17. The lowest BCUT2D eigenvalue weighted by Crippen LogP contribution is -2.33. The molecule has 2 rings (SSSR count). The Labute approximate surface area is 142 Å². The fraction of sp³-hybridized carbons (Fsp3) is 0.278. The van der Waals surface area contributed by atoms with Crippen LogP contribution < -0.4 is 10.6 Å². The molecule has 0 saturated carbocycles. The van der Waals surface area contributed by atoms with Gasteiger partial charge in [0.25, 0.3) is 0 Å². The summed E-state index contributed by atoms with van der Waals surface area (Å²) in [4.78, 5) is 0. The molecule has 2 N–H and O–H groups in total. The lowest BCUT2D eigenvalue weighted by molar-refractivity contribution is 0.498. The predicted octanol–water partition coefficient (Wildman–Crippen LogP) is 4.90. The van der Waals surface area contributed by atoms with Crippen molar-refractivity contribution < 1.29 is 0 Å². The second kappa shape index (κ2) is 8.76. The van der Waals surface area contributed by atoms with Crippen LogP contribution in [0.5, 0.6) is 0 Å². The molecule has 0 aliphatic heterocycles. The fourth-order valence-electron chi connectivity index (χ4n) is 2.29. The molecule has 0 saturated heterocycles. The molecule has 0 bridgehead atoms. The van der Waals surface area contributed by atoms with Crippen LogP contribution in [0.4, 0.5) is 5.69 Å². The van der Waals surface area contributed by atoms with Gasteiger partial charge < -0.3 is 10.6 Å². The van der Waals surface area contributed by atoms with Gasteiger partial charge in [0.2, 0.25) is 0 Å². The monoisotopic (exact) mass is 332 g/mol. The zero-order valence-corrected chi connectivity index (χ0v) is 14.3. The molecule has 116 valence electrons. The summed E-state index contributed by atoms with van der Waals surface area (Å²) in [5, 5.41) is 7.79. The van der Waals surface area contributed by atoms with E-state index in [1.165, 1.54) is 5.56 Å². The lowest BCUT2D eigenvalue weighted by atomic mass is 9.97. The third-order valence-electron chi connectivity index (χ3n) is 3.58. The minimum atomic E-state index is 0.557. The normalized spacial score (nSPS) is 11.7. The van der Waals surface area contributed by atoms with Crippen molar-refractivity contribution >= 4 is 34.6 Å². The predicted molar refractivity (Wildman–Crippen MR) is 99.6 cm³/mol. The first-order valence-corrected chi connectivity index (χ1v) is 8.30. The number of thiocarbonyl (C=S) groups is 1. The molecule has 0 unspecified atom stereocenters. The lowest BCUT2D eigenvalue weighted by Gasteiger charge is -2.18. The Balaban J connectivity index is 1.81. The molecule has 2 aromatic carbocycles. The smallest absolute Gasteiger partial charge is 0.170 e. The molecule has 0 aliphatic rings. The highest BCUT2D eigenvalue weighted by molar-refractivity contribution is 7.80. The summed E-state index contributed by atoms with van der Waals surface area (Å²) >= 11 is 11.3. The van der Waals surface area contributed by atoms with Crippen molar-refractivity contribution in [3.63, 3.8) is 0 Å². The quantitative estimate of drug-likeness (QED) is 0.736. The van der Waals surface area contributed by atoms with Gasteiger partial charge in [-0.05, 0) is 48.3 Å². The van der Waals surface area contributed by atoms with Gasteiger partial charge >= 0.3 is 0 Å². The van der Waals surface area contributed by atoms with Gasteiger partial charge in [0.1, 0.15) is 0 Å². The summed E-state index contributed by atoms with van der Waals surface area (Å²) in [5.41, 5.74) is 2.27. The van der Waals surface area contributed by atoms with Gasteiger partial charge in [-0.3, -0.25) is 0 Å². The van der Waals surface area contributed by atoms with Gasteiger partial charge in [-0.2, -0.15) is 0 Å². The van der Waals surface area contributed by atoms with Gasteiger partial charge in [0.05, 0.1) is 0 Å². The Morgan fingerprint density at radius 2 is 1.91 bits per heavy atom. The van der Waals surface area contributed by atoms with E-state index in [9.17, 15) is 0 Å². The first-order valence-electron chi connectivity index (χ1n) is 7.51. The molecule has 22 heavy (non-hydrogen) atoms. The summed E-state index contributed by atoms with van der Waals surface area (Å²) in [6, 6.07) is 18.1. The minimum Gasteiger partial charge on any atom is -0.362 e. The van der Waals surface area contributed by atoms with E-state index in [1.807, 2.05) is 30.3 Å². The molecule has 0 amide bonds. The third kappa shape index (κ3) is 5.66. The Morgan fingerprint density at radius 1 is 1.14 bits per heavy atom. The van der Waals surface area contributed by atoms with Gasteiger partial charge in [-0.1, -0.05) is 61.3 Å². The summed E-state index contributed by atoms with van der Waals surface area (Å²) in [5.74, 6) is 0.557. The molecule has 1 atom stereocenters. The average molecular weight is 333 g/mol. The van der Waals surface area contributed by atoms with Crippen LogP contribution in [0.1, 0.15) is 18.9 Å². The Kier molecular flexibility index (Phi) is 6.69. The molecule has 0 aromatic heterocycles. The fourth-order valence-corrected chi connectivity index (χ4v) is 2.68. The summed E-state index contributed by atoms with van der Waals surface area (Å²) < 4.78 is 0. The molecule has 0 spiro atoms. The van der Waals surface area contributed by atoms with Crippen LogP contribution in [0.3, 0.4) is 0 Å². The van der Waals surface area contributed by atoms with Crippen molar-refractivity contribution in [1.29, 1.82) is 0 Å². The van der Waals surface area contributed by atoms with Crippen LogP contribution in [0.2, 0.25) is 5.02 Å². The topological polar surface area (TPSA) is 24.1 Å². The standard InChI is InChI=1S/C18H21ClN2S/c1-2-14(11-15-7-4-3-5-8-15)13-20-18(22)21-17-10-6-9-16(19)12-17/h3-10,12,14H,2,11,13H2,1H3,(H2,20,21,22)/t14-/m0/s1. The largest absolute Gasteiger partial charge is 0.362 e. The van der Waals surface area contributed by atoms with Crippen molar-refractivity contribution in [3.05, 3.63) is 65.2 Å². The molecule has 0 heterocycles. The van der Waals surface area contributed by atoms with E-state index in [1.54, 1.807) is 0 Å². The molecule has 0 aliphatic carbocycles. The molecule has 0 radical (unpaired) electrons. The highest BCUT2D eigenvalue weighted by Crippen LogP contribution is 2.15. The van der Waals surface area contributed by atoms with E-state index in [-0.39, 0.29) is 0 Å². The third-order valence-corrected chi connectivity index (χ3v) is 4.06. The number of rotatable bonds is 6. The highest BCUT2D eigenvalue weighted by atomic mass is 35.5. The Bertz CT molecular complexity index is 601. The Hall–Kier alpha value is -1.58. The molecular formula is C18H21ClN2S. The van der Waals surface area contributed by atoms with Gasteiger partial charge in [-0.25, -0.2) is 0 Å². The van der Waals surface area contributed by atoms with E-state index >= 15 is 0 Å². The molecule has 4 heteroatoms. The first kappa shape index (κ1) is 16.8. The maximum absolute atomic E-state index is 5.96. The zero-order chi connectivity index (χ0) is 15.8. The van der Waals surface area contributed by atoms with Crippen LogP contribution in [0, 0.1) is 5.92 Å². The van der Waals surface area contributed by atoms with Gasteiger partial charge in [-0.15, -0.1) is 0 Å². The summed E-state index contributed by atoms with van der Waals surface area (Å²) in [7, 11) is 0. The van der Waals surface area contributed by atoms with Crippen LogP contribution in [0.15, 0.2) is 54.6 Å². The van der Waals surface area contributed by atoms with Crippen molar-refractivity contribution in [3.8, 4) is 0 Å². The number of hydrogen-bond acceptors (Lipinski definition) is 1. The number of benzene rings is 2. The van der Waals surface area contributed by atoms with Crippen LogP contribution >= 0.6 is 23.8 Å². The number of anilines is 1. The van der Waals surface area contributed by atoms with Crippen molar-refractivity contribution in [2.24, 2.45) is 5.92 Å². The number of nitrogens with one attached hydrogen (secondary N) is 2. The van der Waals surface area contributed by atoms with Crippen molar-refractivity contribution in [1.82, 2.24) is 5.32 Å². The maximum Gasteiger partial charge on any atom is 0.170 e. The average Bonchev–Trinajstić information content (AvgIpc) is 2.52. The number of hydrogen-bond donors (Lipinski definition) is 2. The Morgan fingerprint density at radius 3 is 2.59 bits per heavy atom. The van der Waals surface area contributed by atoms with E-state index < -0.39 is 0 Å². The van der Waals surface area contributed by atoms with E-state index in [4.69, 9.17) is 23.8 Å². The van der Waals surface area contributed by atoms with Gasteiger partial charge in [0, 0.05) is 17.3 Å². The van der Waals surface area contributed by atoms with E-state index in [0.717, 1.165) is 25.1 Å². The van der Waals surface area contributed by atoms with Crippen LogP contribution in [0.25, 0.3) is 0 Å². The van der Waals surface area contributed by atoms with Crippen molar-refractivity contribution in [2.45, 2.75) is 19.8 Å². The van der Waals surface area contributed by atoms with Crippen LogP contribution in [-0.4, -0.2) is 11.7 Å². The summed E-state index contributed by atoms with van der Waals surface area (Å²) in [6.45, 7) is 3.07. The zero-order valence-electron chi connectivity index (χ0n) is 12.7. The molecule has 2 aromatic rings. The second-order valence-corrected chi connectivity index (χ2v) is 6.15. The second-order valence-electron chi connectivity index (χ2n) is 5.31.